The van der Waals surface area contributed by atoms with Gasteiger partial charge in [0.05, 0.1) is 11.4 Å². The molecule has 0 saturated heterocycles. The van der Waals surface area contributed by atoms with Gasteiger partial charge < -0.3 is 5.73 Å². The van der Waals surface area contributed by atoms with Gasteiger partial charge in [-0.3, -0.25) is 4.31 Å². The summed E-state index contributed by atoms with van der Waals surface area (Å²) < 4.78 is 37.5. The van der Waals surface area contributed by atoms with Gasteiger partial charge in [0, 0.05) is 18.6 Å². The van der Waals surface area contributed by atoms with Crippen LogP contribution in [0.4, 0.5) is 10.1 Å². The molecule has 1 rings (SSSR count). The fraction of sp³-hybridized carbons (Fsp3) is 0.333. The van der Waals surface area contributed by atoms with Crippen molar-refractivity contribution in [3.63, 3.8) is 0 Å². The van der Waals surface area contributed by atoms with Gasteiger partial charge >= 0.3 is 0 Å². The molecule has 2 N–H and O–H groups in total. The summed E-state index contributed by atoms with van der Waals surface area (Å²) in [6.07, 6.45) is 0. The highest BCUT2D eigenvalue weighted by molar-refractivity contribution is 7.92. The molecule has 7 heteroatoms. The Morgan fingerprint density at radius 1 is 1.50 bits per heavy atom. The molecule has 1 aromatic carbocycles. The van der Waals surface area contributed by atoms with Crippen molar-refractivity contribution in [1.82, 2.24) is 0 Å². The molecular formula is C9H12ClFN2O2S. The van der Waals surface area contributed by atoms with E-state index in [1.165, 1.54) is 19.2 Å². The molecule has 0 spiro atoms. The Hall–Kier alpha value is -0.850. The standard InChI is InChI=1S/C9H12ClFN2O2S/c1-13(16(14,15)5-4-12)9-6-7(10)2-3-8(9)11/h2-3,6H,4-5,12H2,1H3. The van der Waals surface area contributed by atoms with Crippen LogP contribution < -0.4 is 10.0 Å². The van der Waals surface area contributed by atoms with E-state index < -0.39 is 15.8 Å². The monoisotopic (exact) mass is 266 g/mol. The second kappa shape index (κ2) is 4.99. The Kier molecular flexibility index (Phi) is 4.12. The predicted molar refractivity (Wildman–Crippen MR) is 62.7 cm³/mol. The first kappa shape index (κ1) is 13.2. The van der Waals surface area contributed by atoms with Gasteiger partial charge in [-0.1, -0.05) is 11.6 Å². The molecule has 0 fully saturated rings. The maximum absolute atomic E-state index is 13.4. The van der Waals surface area contributed by atoms with Crippen molar-refractivity contribution in [3.05, 3.63) is 29.0 Å². The van der Waals surface area contributed by atoms with Gasteiger partial charge in [0.2, 0.25) is 10.0 Å². The minimum Gasteiger partial charge on any atom is -0.329 e. The molecule has 16 heavy (non-hydrogen) atoms. The lowest BCUT2D eigenvalue weighted by molar-refractivity contribution is 0.589. The summed E-state index contributed by atoms with van der Waals surface area (Å²) >= 11 is 5.68. The lowest BCUT2D eigenvalue weighted by Gasteiger charge is -2.19. The van der Waals surface area contributed by atoms with Crippen LogP contribution in [0.25, 0.3) is 0 Å². The maximum atomic E-state index is 13.4. The Morgan fingerprint density at radius 2 is 2.12 bits per heavy atom. The molecule has 0 radical (unpaired) electrons. The molecule has 0 unspecified atom stereocenters. The number of anilines is 1. The largest absolute Gasteiger partial charge is 0.329 e. The summed E-state index contributed by atoms with van der Waals surface area (Å²) in [5.74, 6) is -0.886. The van der Waals surface area contributed by atoms with E-state index in [4.69, 9.17) is 17.3 Å². The van der Waals surface area contributed by atoms with Crippen molar-refractivity contribution < 1.29 is 12.8 Å². The SMILES string of the molecule is CN(c1cc(Cl)ccc1F)S(=O)(=O)CCN. The smallest absolute Gasteiger partial charge is 0.236 e. The predicted octanol–water partition coefficient (Wildman–Crippen LogP) is 1.20. The molecule has 0 amide bonds. The second-order valence-electron chi connectivity index (χ2n) is 3.17. The Morgan fingerprint density at radius 3 is 2.69 bits per heavy atom. The summed E-state index contributed by atoms with van der Waals surface area (Å²) in [7, 11) is -2.33. The van der Waals surface area contributed by atoms with E-state index in [1.54, 1.807) is 0 Å². The van der Waals surface area contributed by atoms with Crippen LogP contribution in [-0.2, 0) is 10.0 Å². The number of rotatable bonds is 4. The minimum atomic E-state index is -3.59. The minimum absolute atomic E-state index is 0.0190. The summed E-state index contributed by atoms with van der Waals surface area (Å²) in [6, 6.07) is 3.72. The molecule has 0 bridgehead atoms. The number of halogens is 2. The third-order valence-electron chi connectivity index (χ3n) is 2.04. The van der Waals surface area contributed by atoms with Gasteiger partial charge in [-0.15, -0.1) is 0 Å². The molecule has 0 aliphatic heterocycles. The van der Waals surface area contributed by atoms with Gasteiger partial charge in [-0.25, -0.2) is 12.8 Å². The first-order valence-electron chi connectivity index (χ1n) is 4.50. The van der Waals surface area contributed by atoms with E-state index in [9.17, 15) is 12.8 Å². The zero-order chi connectivity index (χ0) is 12.3. The third kappa shape index (κ3) is 2.84. The average Bonchev–Trinajstić information content (AvgIpc) is 2.20. The molecule has 0 aliphatic rings. The van der Waals surface area contributed by atoms with E-state index in [1.807, 2.05) is 0 Å². The van der Waals surface area contributed by atoms with Gasteiger partial charge in [-0.05, 0) is 18.2 Å². The summed E-state index contributed by atoms with van der Waals surface area (Å²) in [5, 5.41) is 0.270. The summed E-state index contributed by atoms with van der Waals surface area (Å²) in [4.78, 5) is 0. The molecule has 0 aliphatic carbocycles. The molecule has 4 nitrogen and oxygen atoms in total. The van der Waals surface area contributed by atoms with Crippen molar-refractivity contribution in [1.29, 1.82) is 0 Å². The van der Waals surface area contributed by atoms with Crippen LogP contribution in [0.1, 0.15) is 0 Å². The number of benzene rings is 1. The zero-order valence-corrected chi connectivity index (χ0v) is 10.2. The van der Waals surface area contributed by atoms with E-state index in [2.05, 4.69) is 0 Å². The molecule has 0 saturated carbocycles. The van der Waals surface area contributed by atoms with Crippen molar-refractivity contribution >= 4 is 27.3 Å². The first-order valence-corrected chi connectivity index (χ1v) is 6.49. The fourth-order valence-electron chi connectivity index (χ4n) is 1.16. The number of sulfonamides is 1. The van der Waals surface area contributed by atoms with Crippen molar-refractivity contribution in [2.45, 2.75) is 0 Å². The first-order chi connectivity index (χ1) is 7.38. The molecule has 0 atom stereocenters. The van der Waals surface area contributed by atoms with Crippen LogP contribution in [0.3, 0.4) is 0 Å². The highest BCUT2D eigenvalue weighted by Gasteiger charge is 2.20. The summed E-state index contributed by atoms with van der Waals surface area (Å²) in [6.45, 7) is -0.0190. The summed E-state index contributed by atoms with van der Waals surface area (Å²) in [5.41, 5.74) is 5.09. The van der Waals surface area contributed by atoms with E-state index >= 15 is 0 Å². The quantitative estimate of drug-likeness (QED) is 0.891. The Balaban J connectivity index is 3.14. The van der Waals surface area contributed by atoms with Crippen molar-refractivity contribution in [2.75, 3.05) is 23.7 Å². The molecule has 0 aromatic heterocycles. The van der Waals surface area contributed by atoms with Gasteiger partial charge in [-0.2, -0.15) is 0 Å². The number of hydrogen-bond donors (Lipinski definition) is 1. The van der Waals surface area contributed by atoms with E-state index in [0.717, 1.165) is 10.4 Å². The van der Waals surface area contributed by atoms with E-state index in [-0.39, 0.29) is 23.0 Å². The zero-order valence-electron chi connectivity index (χ0n) is 8.65. The van der Waals surface area contributed by atoms with E-state index in [0.29, 0.717) is 0 Å². The number of nitrogens with zero attached hydrogens (tertiary/aromatic N) is 1. The average molecular weight is 267 g/mol. The van der Waals surface area contributed by atoms with Crippen LogP contribution in [0.5, 0.6) is 0 Å². The van der Waals surface area contributed by atoms with Crippen LogP contribution in [0.2, 0.25) is 5.02 Å². The Labute approximate surface area is 98.9 Å². The molecule has 90 valence electrons. The Bertz CT molecular complexity index is 478. The van der Waals surface area contributed by atoms with Crippen LogP contribution >= 0.6 is 11.6 Å². The van der Waals surface area contributed by atoms with Crippen LogP contribution in [-0.4, -0.2) is 27.8 Å². The van der Waals surface area contributed by atoms with Crippen LogP contribution in [0, 0.1) is 5.82 Å². The van der Waals surface area contributed by atoms with Gasteiger partial charge in [0.25, 0.3) is 0 Å². The molecule has 1 aromatic rings. The highest BCUT2D eigenvalue weighted by Crippen LogP contribution is 2.24. The molecular weight excluding hydrogens is 255 g/mol. The van der Waals surface area contributed by atoms with Crippen molar-refractivity contribution in [2.24, 2.45) is 5.73 Å². The van der Waals surface area contributed by atoms with Crippen molar-refractivity contribution in [3.8, 4) is 0 Å². The highest BCUT2D eigenvalue weighted by atomic mass is 35.5. The second-order valence-corrected chi connectivity index (χ2v) is 5.72. The normalized spacial score (nSPS) is 11.5. The van der Waals surface area contributed by atoms with Crippen LogP contribution in [0.15, 0.2) is 18.2 Å². The topological polar surface area (TPSA) is 63.4 Å². The third-order valence-corrected chi connectivity index (χ3v) is 4.06. The molecule has 0 heterocycles. The maximum Gasteiger partial charge on any atom is 0.236 e. The van der Waals surface area contributed by atoms with Gasteiger partial charge in [0.15, 0.2) is 0 Å². The fourth-order valence-corrected chi connectivity index (χ4v) is 2.34. The number of nitrogens with two attached hydrogens (primary N) is 1. The number of hydrogen-bond acceptors (Lipinski definition) is 3. The lowest BCUT2D eigenvalue weighted by Crippen LogP contribution is -2.32. The lowest BCUT2D eigenvalue weighted by atomic mass is 10.3. The van der Waals surface area contributed by atoms with Gasteiger partial charge in [0.1, 0.15) is 5.82 Å².